The average Bonchev–Trinajstić information content (AvgIpc) is 2.64. The van der Waals surface area contributed by atoms with E-state index in [-0.39, 0.29) is 12.5 Å². The molecule has 0 aliphatic carbocycles. The summed E-state index contributed by atoms with van der Waals surface area (Å²) in [5.74, 6) is -0.297. The molecule has 0 radical (unpaired) electrons. The third kappa shape index (κ3) is 4.60. The van der Waals surface area contributed by atoms with Crippen LogP contribution >= 0.6 is 0 Å². The van der Waals surface area contributed by atoms with Crippen molar-refractivity contribution in [2.45, 2.75) is 19.6 Å². The molecule has 1 amide bonds. The summed E-state index contributed by atoms with van der Waals surface area (Å²) in [6, 6.07) is 10.5. The topological polar surface area (TPSA) is 86.0 Å². The van der Waals surface area contributed by atoms with Gasteiger partial charge in [-0.05, 0) is 35.9 Å². The van der Waals surface area contributed by atoms with Crippen LogP contribution in [0.25, 0.3) is 5.69 Å². The van der Waals surface area contributed by atoms with E-state index in [0.717, 1.165) is 27.6 Å². The molecule has 150 valence electrons. The van der Waals surface area contributed by atoms with E-state index in [0.29, 0.717) is 16.9 Å². The Kier molecular flexibility index (Phi) is 5.35. The molecule has 0 fully saturated rings. The number of hydrogen-bond donors (Lipinski definition) is 1. The first-order valence-electron chi connectivity index (χ1n) is 8.38. The van der Waals surface area contributed by atoms with Gasteiger partial charge < -0.3 is 5.32 Å². The zero-order valence-corrected chi connectivity index (χ0v) is 15.1. The Labute approximate surface area is 162 Å². The number of benzene rings is 2. The number of carbonyl (C=O) groups excluding carboxylic acids is 1. The Bertz CT molecular complexity index is 1160. The monoisotopic (exact) mass is 404 g/mol. The first-order chi connectivity index (χ1) is 13.6. The maximum absolute atomic E-state index is 12.8. The van der Waals surface area contributed by atoms with Gasteiger partial charge in [0, 0.05) is 12.6 Å². The summed E-state index contributed by atoms with van der Waals surface area (Å²) in [5.41, 5.74) is -1.19. The highest BCUT2D eigenvalue weighted by Gasteiger charge is 2.29. The highest BCUT2D eigenvalue weighted by Crippen LogP contribution is 2.29. The lowest BCUT2D eigenvalue weighted by Gasteiger charge is -2.11. The number of hydrogen-bond acceptors (Lipinski definition) is 4. The average molecular weight is 404 g/mol. The lowest BCUT2D eigenvalue weighted by molar-refractivity contribution is -0.137. The molecule has 2 aromatic carbocycles. The zero-order chi connectivity index (χ0) is 21.2. The van der Waals surface area contributed by atoms with E-state index >= 15 is 0 Å². The summed E-state index contributed by atoms with van der Waals surface area (Å²) >= 11 is 0. The maximum Gasteiger partial charge on any atom is 0.416 e. The van der Waals surface area contributed by atoms with Crippen molar-refractivity contribution in [3.63, 3.8) is 0 Å². The predicted molar refractivity (Wildman–Crippen MR) is 98.9 cm³/mol. The van der Waals surface area contributed by atoms with Crippen molar-refractivity contribution < 1.29 is 18.0 Å². The first kappa shape index (κ1) is 20.1. The third-order valence-electron chi connectivity index (χ3n) is 3.99. The van der Waals surface area contributed by atoms with Gasteiger partial charge in [0.05, 0.1) is 17.8 Å². The minimum Gasteiger partial charge on any atom is -0.326 e. The van der Waals surface area contributed by atoms with E-state index in [4.69, 9.17) is 0 Å². The second-order valence-electron chi connectivity index (χ2n) is 6.19. The Balaban J connectivity index is 1.97. The van der Waals surface area contributed by atoms with Gasteiger partial charge in [-0.15, -0.1) is 0 Å². The van der Waals surface area contributed by atoms with Crippen molar-refractivity contribution in [2.24, 2.45) is 0 Å². The van der Waals surface area contributed by atoms with Gasteiger partial charge in [-0.1, -0.05) is 18.2 Å². The number of alkyl halides is 3. The van der Waals surface area contributed by atoms with Crippen LogP contribution in [0.1, 0.15) is 18.1 Å². The quantitative estimate of drug-likeness (QED) is 0.724. The molecule has 1 aromatic heterocycles. The normalized spacial score (nSPS) is 11.3. The minimum absolute atomic E-state index is 0.219. The van der Waals surface area contributed by atoms with Crippen molar-refractivity contribution in [3.05, 3.63) is 86.7 Å². The number of anilines is 1. The van der Waals surface area contributed by atoms with Gasteiger partial charge in [-0.25, -0.2) is 4.79 Å². The van der Waals surface area contributed by atoms with Crippen LogP contribution in [-0.2, 0) is 17.5 Å². The molecule has 0 spiro atoms. The van der Waals surface area contributed by atoms with Crippen LogP contribution in [-0.4, -0.2) is 20.3 Å². The van der Waals surface area contributed by atoms with E-state index in [1.807, 2.05) is 0 Å². The van der Waals surface area contributed by atoms with Gasteiger partial charge in [0.2, 0.25) is 5.91 Å². The van der Waals surface area contributed by atoms with Gasteiger partial charge >= 0.3 is 11.9 Å². The fourth-order valence-electron chi connectivity index (χ4n) is 2.66. The van der Waals surface area contributed by atoms with Crippen LogP contribution < -0.4 is 16.6 Å². The van der Waals surface area contributed by atoms with Crippen LogP contribution in [0.2, 0.25) is 0 Å². The van der Waals surface area contributed by atoms with Gasteiger partial charge in [0.15, 0.2) is 0 Å². The number of rotatable bonds is 4. The smallest absolute Gasteiger partial charge is 0.326 e. The van der Waals surface area contributed by atoms with E-state index in [1.54, 1.807) is 18.2 Å². The van der Waals surface area contributed by atoms with Crippen molar-refractivity contribution >= 4 is 11.6 Å². The molecule has 0 bridgehead atoms. The van der Waals surface area contributed by atoms with Crippen LogP contribution in [0, 0.1) is 0 Å². The van der Waals surface area contributed by atoms with E-state index in [9.17, 15) is 27.6 Å². The summed E-state index contributed by atoms with van der Waals surface area (Å²) in [4.78, 5) is 36.1. The van der Waals surface area contributed by atoms with Crippen LogP contribution in [0.4, 0.5) is 18.9 Å². The number of amides is 1. The van der Waals surface area contributed by atoms with E-state index < -0.39 is 23.0 Å². The standard InChI is InChI=1S/C19H15F3N4O3/c1-12(27)24-15-3-2-4-16(9-15)26-18(29)25(17(28)10-23-26)11-13-5-7-14(8-6-13)19(20,21)22/h2-10H,11H2,1H3,(H,24,27). The molecule has 3 rings (SSSR count). The molecule has 1 heterocycles. The first-order valence-corrected chi connectivity index (χ1v) is 8.38. The molecule has 3 aromatic rings. The lowest BCUT2D eigenvalue weighted by Crippen LogP contribution is -2.40. The lowest BCUT2D eigenvalue weighted by atomic mass is 10.1. The van der Waals surface area contributed by atoms with Crippen LogP contribution in [0.3, 0.4) is 0 Å². The number of halogens is 3. The Hall–Kier alpha value is -3.69. The Morgan fingerprint density at radius 2 is 1.79 bits per heavy atom. The summed E-state index contributed by atoms with van der Waals surface area (Å²) in [5, 5.41) is 6.40. The van der Waals surface area contributed by atoms with Crippen LogP contribution in [0.15, 0.2) is 64.3 Å². The van der Waals surface area contributed by atoms with E-state index in [1.165, 1.54) is 25.1 Å². The largest absolute Gasteiger partial charge is 0.416 e. The number of carbonyl (C=O) groups is 1. The van der Waals surface area contributed by atoms with Gasteiger partial charge in [-0.3, -0.25) is 14.2 Å². The van der Waals surface area contributed by atoms with Crippen molar-refractivity contribution in [1.82, 2.24) is 14.3 Å². The van der Waals surface area contributed by atoms with Gasteiger partial charge in [-0.2, -0.15) is 23.0 Å². The Morgan fingerprint density at radius 3 is 2.41 bits per heavy atom. The van der Waals surface area contributed by atoms with Gasteiger partial charge in [0.25, 0.3) is 5.56 Å². The summed E-state index contributed by atoms with van der Waals surface area (Å²) in [6.45, 7) is 1.12. The van der Waals surface area contributed by atoms with Crippen molar-refractivity contribution in [1.29, 1.82) is 0 Å². The molecular formula is C19H15F3N4O3. The number of nitrogens with one attached hydrogen (secondary N) is 1. The molecule has 1 N–H and O–H groups in total. The zero-order valence-electron chi connectivity index (χ0n) is 15.1. The molecule has 0 atom stereocenters. The molecule has 0 saturated carbocycles. The molecule has 0 aliphatic heterocycles. The number of aromatic nitrogens is 3. The molecule has 10 heteroatoms. The molecule has 0 saturated heterocycles. The highest BCUT2D eigenvalue weighted by molar-refractivity contribution is 5.88. The second kappa shape index (κ2) is 7.74. The summed E-state index contributed by atoms with van der Waals surface area (Å²) in [7, 11) is 0. The highest BCUT2D eigenvalue weighted by atomic mass is 19.4. The van der Waals surface area contributed by atoms with Crippen molar-refractivity contribution in [3.8, 4) is 5.69 Å². The maximum atomic E-state index is 12.8. The Morgan fingerprint density at radius 1 is 1.10 bits per heavy atom. The van der Waals surface area contributed by atoms with Crippen LogP contribution in [0.5, 0.6) is 0 Å². The predicted octanol–water partition coefficient (Wildman–Crippen LogP) is 2.42. The molecular weight excluding hydrogens is 389 g/mol. The fraction of sp³-hybridized carbons (Fsp3) is 0.158. The second-order valence-corrected chi connectivity index (χ2v) is 6.19. The SMILES string of the molecule is CC(=O)Nc1cccc(-n2ncc(=O)n(Cc3ccc(C(F)(F)F)cc3)c2=O)c1. The molecule has 7 nitrogen and oxygen atoms in total. The fourth-order valence-corrected chi connectivity index (χ4v) is 2.66. The number of nitrogens with zero attached hydrogens (tertiary/aromatic N) is 3. The summed E-state index contributed by atoms with van der Waals surface area (Å²) in [6.07, 6.45) is -3.53. The minimum atomic E-state index is -4.47. The van der Waals surface area contributed by atoms with Gasteiger partial charge in [0.1, 0.15) is 6.20 Å². The van der Waals surface area contributed by atoms with E-state index in [2.05, 4.69) is 10.4 Å². The molecule has 29 heavy (non-hydrogen) atoms. The van der Waals surface area contributed by atoms with Crippen molar-refractivity contribution in [2.75, 3.05) is 5.32 Å². The summed E-state index contributed by atoms with van der Waals surface area (Å²) < 4.78 is 39.9. The molecule has 0 unspecified atom stereocenters. The third-order valence-corrected chi connectivity index (χ3v) is 3.99. The molecule has 0 aliphatic rings.